The van der Waals surface area contributed by atoms with Gasteiger partial charge in [0.1, 0.15) is 0 Å². The Hall–Kier alpha value is 0.532. The Morgan fingerprint density at radius 2 is 0.889 bits per heavy atom. The molecule has 0 aliphatic rings. The third-order valence-corrected chi connectivity index (χ3v) is 2.60. The summed E-state index contributed by atoms with van der Waals surface area (Å²) in [6, 6.07) is 0. The summed E-state index contributed by atoms with van der Waals surface area (Å²) in [5, 5.41) is 0. The van der Waals surface area contributed by atoms with Gasteiger partial charge in [-0.1, -0.05) is 50.1 Å². The molecule has 1 heteroatoms. The van der Waals surface area contributed by atoms with Crippen molar-refractivity contribution in [2.75, 3.05) is 0 Å². The van der Waals surface area contributed by atoms with Crippen molar-refractivity contribution in [2.24, 2.45) is 0 Å². The van der Waals surface area contributed by atoms with Crippen LogP contribution in [0.15, 0.2) is 0 Å². The Balaban J connectivity index is 3.75. The van der Waals surface area contributed by atoms with E-state index in [1.165, 1.54) is 0 Å². The lowest BCUT2D eigenvalue weighted by Crippen LogP contribution is -2.18. The lowest BCUT2D eigenvalue weighted by Gasteiger charge is -2.26. The van der Waals surface area contributed by atoms with Crippen LogP contribution in [-0.4, -0.2) is 15.2 Å². The monoisotopic (exact) mass is 141 g/mol. The molecule has 53 valence electrons. The largest absolute Gasteiger partial charge is 0.218 e. The predicted octanol–water partition coefficient (Wildman–Crippen LogP) is 3.13. The van der Waals surface area contributed by atoms with Crippen LogP contribution in [-0.2, 0) is 0 Å². The fraction of sp³-hybridized carbons (Fsp3) is 1.00. The van der Waals surface area contributed by atoms with Crippen molar-refractivity contribution in [2.45, 2.75) is 50.1 Å². The third kappa shape index (κ3) is 8.53. The van der Waals surface area contributed by atoms with E-state index in [1.54, 1.807) is 0 Å². The summed E-state index contributed by atoms with van der Waals surface area (Å²) in [6.07, 6.45) is 0. The number of hydrogen-bond acceptors (Lipinski definition) is 0. The normalized spacial score (nSPS) is 13.6. The average Bonchev–Trinajstić information content (AvgIpc) is 1.14. The zero-order valence-electron chi connectivity index (χ0n) is 7.58. The molecule has 0 bridgehead atoms. The Morgan fingerprint density at radius 1 is 0.667 bits per heavy atom. The highest BCUT2D eigenvalue weighted by atomic mass is 27.1. The van der Waals surface area contributed by atoms with Crippen molar-refractivity contribution in [1.29, 1.82) is 0 Å². The van der Waals surface area contributed by atoms with E-state index in [2.05, 4.69) is 41.5 Å². The average molecular weight is 141 g/mol. The topological polar surface area (TPSA) is 0 Å². The van der Waals surface area contributed by atoms with E-state index in [-0.39, 0.29) is 0 Å². The molecule has 0 N–H and O–H groups in total. The van der Waals surface area contributed by atoms with Crippen LogP contribution in [0.2, 0.25) is 8.55 Å². The van der Waals surface area contributed by atoms with Gasteiger partial charge >= 0.3 is 0 Å². The maximum absolute atomic E-state index is 2.33. The second-order valence-corrected chi connectivity index (χ2v) is 8.63. The van der Waals surface area contributed by atoms with Gasteiger partial charge in [0.25, 0.3) is 0 Å². The van der Waals surface area contributed by atoms with E-state index < -0.39 is 0 Å². The molecule has 0 aliphatic carbocycles. The van der Waals surface area contributed by atoms with Gasteiger partial charge in [-0.3, -0.25) is 0 Å². The van der Waals surface area contributed by atoms with Crippen LogP contribution < -0.4 is 0 Å². The van der Waals surface area contributed by atoms with E-state index in [9.17, 15) is 0 Å². The first-order valence-corrected chi connectivity index (χ1v) is 4.73. The molecule has 9 heavy (non-hydrogen) atoms. The van der Waals surface area contributed by atoms with Gasteiger partial charge in [-0.2, -0.15) is 0 Å². The van der Waals surface area contributed by atoms with Crippen molar-refractivity contribution in [1.82, 2.24) is 0 Å². The summed E-state index contributed by atoms with van der Waals surface area (Å²) in [6.45, 7) is 14.0. The Bertz CT molecular complexity index is 69.7. The van der Waals surface area contributed by atoms with Crippen molar-refractivity contribution >= 4 is 15.2 Å². The molecule has 0 rings (SSSR count). The second-order valence-electron chi connectivity index (χ2n) is 4.88. The highest BCUT2D eigenvalue weighted by Crippen LogP contribution is 2.33. The molecule has 0 aromatic rings. The highest BCUT2D eigenvalue weighted by molar-refractivity contribution is 6.43. The Labute approximate surface area is 65.7 Å². The summed E-state index contributed by atoms with van der Waals surface area (Å²) in [5.41, 5.74) is 0. The molecule has 0 spiro atoms. The fourth-order valence-electron chi connectivity index (χ4n) is 1.30. The summed E-state index contributed by atoms with van der Waals surface area (Å²) >= 11 is 0.569. The minimum absolute atomic E-state index is 0.568. The van der Waals surface area contributed by atoms with Crippen LogP contribution in [0.5, 0.6) is 0 Å². The summed E-state index contributed by atoms with van der Waals surface area (Å²) in [4.78, 5) is 0. The molecule has 0 saturated heterocycles. The highest BCUT2D eigenvalue weighted by Gasteiger charge is 2.22. The van der Waals surface area contributed by atoms with Crippen LogP contribution in [0.3, 0.4) is 0 Å². The molecular weight excluding hydrogens is 123 g/mol. The molecule has 0 amide bonds. The van der Waals surface area contributed by atoms with E-state index >= 15 is 0 Å². The van der Waals surface area contributed by atoms with Crippen LogP contribution in [0.25, 0.3) is 0 Å². The van der Waals surface area contributed by atoms with Gasteiger partial charge in [0.05, 0.1) is 0 Å². The van der Waals surface area contributed by atoms with Gasteiger partial charge in [0.15, 0.2) is 0 Å². The van der Waals surface area contributed by atoms with Gasteiger partial charge in [-0.05, 0) is 0 Å². The second kappa shape index (κ2) is 2.64. The maximum Gasteiger partial charge on any atom is 0.218 e. The summed E-state index contributed by atoms with van der Waals surface area (Å²) in [5.74, 6) is 0. The molecule has 0 aliphatic heterocycles. The van der Waals surface area contributed by atoms with Gasteiger partial charge in [-0.25, -0.2) is 0 Å². The first-order valence-electron chi connectivity index (χ1n) is 3.58. The molecule has 0 fully saturated rings. The molecule has 0 nitrogen and oxygen atoms in total. The zero-order chi connectivity index (χ0) is 7.71. The minimum atomic E-state index is 0.568. The molecule has 0 aromatic carbocycles. The smallest absolute Gasteiger partial charge is 0.0901 e. The Kier molecular flexibility index (Phi) is 2.80. The summed E-state index contributed by atoms with van der Waals surface area (Å²) in [7, 11) is 0. The lowest BCUT2D eigenvalue weighted by atomic mass is 10.2. The Morgan fingerprint density at radius 3 is 0.889 bits per heavy atom. The molecule has 1 radical (unpaired) electrons. The van der Waals surface area contributed by atoms with E-state index in [4.69, 9.17) is 0 Å². The third-order valence-electron chi connectivity index (χ3n) is 0.866. The van der Waals surface area contributed by atoms with Crippen LogP contribution >= 0.6 is 0 Å². The summed E-state index contributed by atoms with van der Waals surface area (Å²) < 4.78 is 1.14. The SMILES string of the molecule is C[C](C)(C)[Al][C](C)(C)C. The first-order chi connectivity index (χ1) is 3.71. The van der Waals surface area contributed by atoms with E-state index in [0.717, 1.165) is 0 Å². The van der Waals surface area contributed by atoms with Crippen LogP contribution in [0, 0.1) is 0 Å². The molecule has 0 aromatic heterocycles. The zero-order valence-corrected chi connectivity index (χ0v) is 8.73. The van der Waals surface area contributed by atoms with Gasteiger partial charge in [0.2, 0.25) is 15.2 Å². The molecule has 0 atom stereocenters. The molecular formula is C8H18Al. The van der Waals surface area contributed by atoms with E-state index in [0.29, 0.717) is 23.8 Å². The molecule has 0 saturated carbocycles. The maximum atomic E-state index is 2.33. The van der Waals surface area contributed by atoms with Crippen LogP contribution in [0.1, 0.15) is 41.5 Å². The standard InChI is InChI=1S/2C4H9.Al/c2*1-4(2)3;/h2*1-3H3;. The van der Waals surface area contributed by atoms with Crippen molar-refractivity contribution in [3.63, 3.8) is 0 Å². The van der Waals surface area contributed by atoms with E-state index in [1.807, 2.05) is 0 Å². The molecule has 0 heterocycles. The van der Waals surface area contributed by atoms with Crippen molar-refractivity contribution in [3.05, 3.63) is 0 Å². The van der Waals surface area contributed by atoms with Gasteiger partial charge in [0, 0.05) is 0 Å². The van der Waals surface area contributed by atoms with Gasteiger partial charge in [-0.15, -0.1) is 0 Å². The molecule has 0 unspecified atom stereocenters. The number of hydrogen-bond donors (Lipinski definition) is 0. The van der Waals surface area contributed by atoms with Crippen molar-refractivity contribution < 1.29 is 0 Å². The fourth-order valence-corrected chi connectivity index (χ4v) is 3.90. The van der Waals surface area contributed by atoms with Gasteiger partial charge < -0.3 is 0 Å². The van der Waals surface area contributed by atoms with Crippen molar-refractivity contribution in [3.8, 4) is 0 Å². The quantitative estimate of drug-likeness (QED) is 0.455. The minimum Gasteiger partial charge on any atom is -0.0901 e. The van der Waals surface area contributed by atoms with Crippen LogP contribution in [0.4, 0.5) is 0 Å². The lowest BCUT2D eigenvalue weighted by molar-refractivity contribution is 0.668. The first kappa shape index (κ1) is 9.53. The number of rotatable bonds is 0. The predicted molar refractivity (Wildman–Crippen MR) is 45.2 cm³/mol.